The normalized spacial score (nSPS) is 17.9. The molecule has 216 valence electrons. The smallest absolute Gasteiger partial charge is 0.300 e. The van der Waals surface area contributed by atoms with E-state index in [1.54, 1.807) is 24.3 Å². The molecule has 2 aliphatic carbocycles. The first-order valence-corrected chi connectivity index (χ1v) is 14.6. The van der Waals surface area contributed by atoms with Crippen molar-refractivity contribution in [3.63, 3.8) is 0 Å². The quantitative estimate of drug-likeness (QED) is 0.332. The van der Waals surface area contributed by atoms with Crippen LogP contribution in [0.1, 0.15) is 78.2 Å². The molecule has 4 rings (SSSR count). The largest absolute Gasteiger partial charge is 0.481 e. The summed E-state index contributed by atoms with van der Waals surface area (Å²) >= 11 is 0. The number of aryl methyl sites for hydroxylation is 1. The maximum Gasteiger partial charge on any atom is 0.300 e. The van der Waals surface area contributed by atoms with Crippen molar-refractivity contribution in [3.05, 3.63) is 29.8 Å². The van der Waals surface area contributed by atoms with Crippen LogP contribution in [0.15, 0.2) is 29.2 Å². The number of aliphatic carboxylic acids is 1. The zero-order valence-electron chi connectivity index (χ0n) is 23.2. The van der Waals surface area contributed by atoms with Crippen LogP contribution in [-0.2, 0) is 33.3 Å². The van der Waals surface area contributed by atoms with Crippen LogP contribution in [0.4, 0.5) is 0 Å². The molecule has 9 nitrogen and oxygen atoms in total. The van der Waals surface area contributed by atoms with Gasteiger partial charge in [-0.3, -0.25) is 8.98 Å². The van der Waals surface area contributed by atoms with Gasteiger partial charge in [-0.25, -0.2) is 0 Å². The third-order valence-electron chi connectivity index (χ3n) is 4.64. The van der Waals surface area contributed by atoms with Gasteiger partial charge >= 0.3 is 0 Å². The summed E-state index contributed by atoms with van der Waals surface area (Å²) in [5, 5.41) is 15.6. The van der Waals surface area contributed by atoms with Crippen LogP contribution in [0.3, 0.4) is 0 Å². The molecule has 1 aromatic carbocycles. The Balaban J connectivity index is 0.000000532. The number of benzene rings is 1. The highest BCUT2D eigenvalue weighted by molar-refractivity contribution is 7.86. The molecule has 1 heterocycles. The van der Waals surface area contributed by atoms with E-state index >= 15 is 0 Å². The summed E-state index contributed by atoms with van der Waals surface area (Å²) in [6.45, 7) is 11.4. The van der Waals surface area contributed by atoms with Gasteiger partial charge in [-0.05, 0) is 64.5 Å². The van der Waals surface area contributed by atoms with E-state index in [2.05, 4.69) is 20.8 Å². The highest BCUT2D eigenvalue weighted by atomic mass is 32.2. The number of carboxylic acids is 1. The number of aliphatic hydroxyl groups excluding tert-OH is 1. The summed E-state index contributed by atoms with van der Waals surface area (Å²) in [7, 11) is -3.63. The Morgan fingerprint density at radius 3 is 1.81 bits per heavy atom. The third-order valence-corrected chi connectivity index (χ3v) is 5.96. The molecule has 1 aromatic rings. The number of ether oxygens (including phenoxy) is 3. The lowest BCUT2D eigenvalue weighted by atomic mass is 10.2. The molecular weight excluding hydrogens is 500 g/mol. The van der Waals surface area contributed by atoms with Crippen molar-refractivity contribution in [1.29, 1.82) is 0 Å². The summed E-state index contributed by atoms with van der Waals surface area (Å²) in [5.74, 6) is -0.833. The maximum atomic E-state index is 11.7. The molecule has 0 amide bonds. The fourth-order valence-electron chi connectivity index (χ4n) is 2.56. The Morgan fingerprint density at radius 2 is 1.46 bits per heavy atom. The van der Waals surface area contributed by atoms with Gasteiger partial charge in [-0.2, -0.15) is 8.42 Å². The summed E-state index contributed by atoms with van der Waals surface area (Å²) in [6.07, 6.45) is 9.68. The second-order valence-electron chi connectivity index (χ2n) is 9.00. The van der Waals surface area contributed by atoms with E-state index in [1.165, 1.54) is 32.1 Å². The van der Waals surface area contributed by atoms with Crippen LogP contribution >= 0.6 is 0 Å². The molecule has 3 fully saturated rings. The van der Waals surface area contributed by atoms with E-state index in [4.69, 9.17) is 33.4 Å². The molecule has 1 aliphatic heterocycles. The van der Waals surface area contributed by atoms with Crippen molar-refractivity contribution in [3.8, 4) is 0 Å². The second kappa shape index (κ2) is 21.4. The summed E-state index contributed by atoms with van der Waals surface area (Å²) in [6, 6.07) is 6.59. The van der Waals surface area contributed by atoms with Crippen molar-refractivity contribution in [2.45, 2.75) is 103 Å². The van der Waals surface area contributed by atoms with Gasteiger partial charge in [0.25, 0.3) is 16.1 Å². The Labute approximate surface area is 223 Å². The van der Waals surface area contributed by atoms with Gasteiger partial charge in [0.15, 0.2) is 0 Å². The number of rotatable bonds is 9. The molecule has 1 saturated heterocycles. The molecule has 0 bridgehead atoms. The molecule has 1 unspecified atom stereocenters. The van der Waals surface area contributed by atoms with Crippen molar-refractivity contribution < 1.29 is 41.8 Å². The minimum Gasteiger partial charge on any atom is -0.481 e. The first-order valence-electron chi connectivity index (χ1n) is 13.2. The van der Waals surface area contributed by atoms with Gasteiger partial charge in [-0.15, -0.1) is 0 Å². The predicted molar refractivity (Wildman–Crippen MR) is 143 cm³/mol. The lowest BCUT2D eigenvalue weighted by molar-refractivity contribution is -0.134. The Kier molecular flexibility index (Phi) is 20.5. The molecule has 0 spiro atoms. The Bertz CT molecular complexity index is 779. The predicted octanol–water partition coefficient (Wildman–Crippen LogP) is 4.73. The fraction of sp³-hybridized carbons (Fsp3) is 0.741. The summed E-state index contributed by atoms with van der Waals surface area (Å²) in [4.78, 5) is 9.19. The molecule has 2 saturated carbocycles. The van der Waals surface area contributed by atoms with Crippen LogP contribution in [0.2, 0.25) is 0 Å². The molecule has 1 atom stereocenters. The number of carbonyl (C=O) groups is 1. The van der Waals surface area contributed by atoms with Gasteiger partial charge < -0.3 is 24.4 Å². The van der Waals surface area contributed by atoms with Crippen molar-refractivity contribution >= 4 is 16.1 Å². The zero-order chi connectivity index (χ0) is 28.1. The lowest BCUT2D eigenvalue weighted by Crippen LogP contribution is -2.12. The van der Waals surface area contributed by atoms with Crippen LogP contribution in [0.25, 0.3) is 0 Å². The second-order valence-corrected chi connectivity index (χ2v) is 10.6. The van der Waals surface area contributed by atoms with Gasteiger partial charge in [0.1, 0.15) is 0 Å². The topological polar surface area (TPSA) is 129 Å². The minimum atomic E-state index is -3.63. The van der Waals surface area contributed by atoms with Crippen molar-refractivity contribution in [2.24, 2.45) is 0 Å². The highest BCUT2D eigenvalue weighted by Crippen LogP contribution is 2.23. The molecule has 10 heteroatoms. The van der Waals surface area contributed by atoms with Gasteiger partial charge in [0.05, 0.1) is 49.6 Å². The van der Waals surface area contributed by atoms with Crippen molar-refractivity contribution in [2.75, 3.05) is 33.0 Å². The molecule has 37 heavy (non-hydrogen) atoms. The van der Waals surface area contributed by atoms with Crippen LogP contribution < -0.4 is 0 Å². The lowest BCUT2D eigenvalue weighted by Gasteiger charge is -2.06. The number of hydrogen-bond donors (Lipinski definition) is 2. The number of carboxylic acid groups (broad SMARTS) is 1. The van der Waals surface area contributed by atoms with E-state index in [0.717, 1.165) is 31.9 Å². The Hall–Kier alpha value is -1.56. The van der Waals surface area contributed by atoms with Crippen molar-refractivity contribution in [1.82, 2.24) is 0 Å². The average Bonchev–Trinajstić information content (AvgIpc) is 3.77. The van der Waals surface area contributed by atoms with E-state index in [9.17, 15) is 8.42 Å². The van der Waals surface area contributed by atoms with Gasteiger partial charge in [0, 0.05) is 13.5 Å². The molecule has 2 N–H and O–H groups in total. The SMILES string of the molecule is CC(=O)O.CC1CCCO1.CCC.Cc1ccc(S(=O)(=O)OCCOC2CC2)cc1.OCCOC1CC1. The van der Waals surface area contributed by atoms with Gasteiger partial charge in [0.2, 0.25) is 0 Å². The Morgan fingerprint density at radius 1 is 0.973 bits per heavy atom. The highest BCUT2D eigenvalue weighted by Gasteiger charge is 2.22. The first kappa shape index (κ1) is 35.4. The molecular formula is C27H48O9S. The minimum absolute atomic E-state index is 0.0761. The van der Waals surface area contributed by atoms with E-state index in [-0.39, 0.29) is 18.1 Å². The molecule has 0 aromatic heterocycles. The average molecular weight is 549 g/mol. The van der Waals surface area contributed by atoms with Gasteiger partial charge in [-0.1, -0.05) is 38.0 Å². The maximum absolute atomic E-state index is 11.7. The van der Waals surface area contributed by atoms with Crippen LogP contribution in [0, 0.1) is 6.92 Å². The molecule has 0 radical (unpaired) electrons. The standard InChI is InChI=1S/C12H16O4S.C5H10O2.C5H10O.C3H8.C2H4O2/c1-10-2-6-12(7-3-10)17(13,14)16-9-8-15-11-4-5-11;6-3-4-7-5-1-2-5;1-5-3-2-4-6-5;1-3-2;1-2(3)4/h2-3,6-7,11H,4-5,8-9H2,1H3;5-6H,1-4H2;5H,2-4H2,1H3;3H2,1-2H3;1H3,(H,3,4). The third kappa shape index (κ3) is 23.3. The first-order chi connectivity index (χ1) is 17.5. The fourth-order valence-corrected chi connectivity index (χ4v) is 3.45. The summed E-state index contributed by atoms with van der Waals surface area (Å²) in [5.41, 5.74) is 1.01. The summed E-state index contributed by atoms with van der Waals surface area (Å²) < 4.78 is 43.9. The molecule has 3 aliphatic rings. The number of aliphatic hydroxyl groups is 1. The van der Waals surface area contributed by atoms with E-state index < -0.39 is 16.1 Å². The van der Waals surface area contributed by atoms with E-state index in [1.807, 2.05) is 6.92 Å². The zero-order valence-corrected chi connectivity index (χ0v) is 24.0. The van der Waals surface area contributed by atoms with Crippen LogP contribution in [-0.4, -0.2) is 75.9 Å². The van der Waals surface area contributed by atoms with Crippen LogP contribution in [0.5, 0.6) is 0 Å². The number of hydrogen-bond acceptors (Lipinski definition) is 8. The monoisotopic (exact) mass is 548 g/mol. The van der Waals surface area contributed by atoms with E-state index in [0.29, 0.717) is 31.5 Å².